The molecule has 0 aliphatic carbocycles. The molecule has 4 heteroatoms. The van der Waals surface area contributed by atoms with Crippen LogP contribution in [0.1, 0.15) is 1.43 Å². The summed E-state index contributed by atoms with van der Waals surface area (Å²) in [4.78, 5) is 17.9. The van der Waals surface area contributed by atoms with Crippen LogP contribution in [0.2, 0.25) is 0 Å². The average Bonchev–Trinajstić information content (AvgIpc) is 1.41. The SMILES string of the molecule is O=COC=O.[H-].[Li+]. The van der Waals surface area contributed by atoms with E-state index in [-0.39, 0.29) is 33.2 Å². The van der Waals surface area contributed by atoms with E-state index < -0.39 is 0 Å². The average molecular weight is 82.0 g/mol. The number of ether oxygens (including phenoxy) is 1. The maximum absolute atomic E-state index is 8.95. The molecule has 6 heavy (non-hydrogen) atoms. The van der Waals surface area contributed by atoms with Crippen LogP contribution in [0.25, 0.3) is 0 Å². The van der Waals surface area contributed by atoms with Crippen molar-refractivity contribution < 1.29 is 34.6 Å². The largest absolute Gasteiger partial charge is 1.00 e. The van der Waals surface area contributed by atoms with Crippen molar-refractivity contribution in [3.05, 3.63) is 0 Å². The maximum Gasteiger partial charge on any atom is 1.00 e. The molecule has 0 atom stereocenters. The first kappa shape index (κ1) is 9.22. The second kappa shape index (κ2) is 8.83. The predicted molar refractivity (Wildman–Crippen MR) is 14.3 cm³/mol. The van der Waals surface area contributed by atoms with Gasteiger partial charge in [-0.15, -0.1) is 0 Å². The van der Waals surface area contributed by atoms with E-state index in [9.17, 15) is 0 Å². The zero-order chi connectivity index (χ0) is 4.12. The van der Waals surface area contributed by atoms with Crippen LogP contribution in [0.4, 0.5) is 0 Å². The number of carbonyl (C=O) groups is 2. The number of hydrogen-bond donors (Lipinski definition) is 0. The molecule has 0 fully saturated rings. The van der Waals surface area contributed by atoms with Crippen molar-refractivity contribution in [1.82, 2.24) is 0 Å². The van der Waals surface area contributed by atoms with Gasteiger partial charge in [0.25, 0.3) is 0 Å². The van der Waals surface area contributed by atoms with Crippen LogP contribution in [0.5, 0.6) is 0 Å². The molecular weight excluding hydrogens is 79.0 g/mol. The van der Waals surface area contributed by atoms with Crippen LogP contribution in [0.3, 0.4) is 0 Å². The van der Waals surface area contributed by atoms with E-state index in [0.29, 0.717) is 0 Å². The predicted octanol–water partition coefficient (Wildman–Crippen LogP) is -3.57. The van der Waals surface area contributed by atoms with Crippen molar-refractivity contribution in [2.24, 2.45) is 0 Å². The van der Waals surface area contributed by atoms with Gasteiger partial charge in [-0.25, -0.2) is 0 Å². The molecule has 0 heterocycles. The fourth-order valence-corrected chi connectivity index (χ4v) is 0.0227. The Labute approximate surface area is 48.3 Å². The third kappa shape index (κ3) is 9.28. The number of carbonyl (C=O) groups excluding carboxylic acids is 2. The molecule has 0 saturated heterocycles. The summed E-state index contributed by atoms with van der Waals surface area (Å²) in [6.45, 7) is 0.125. The second-order valence-electron chi connectivity index (χ2n) is 0.329. The summed E-state index contributed by atoms with van der Waals surface area (Å²) < 4.78 is 3.47. The summed E-state index contributed by atoms with van der Waals surface area (Å²) >= 11 is 0. The van der Waals surface area contributed by atoms with E-state index in [4.69, 9.17) is 9.59 Å². The van der Waals surface area contributed by atoms with E-state index >= 15 is 0 Å². The molecular formula is C2H3LiO3. The Hall–Kier alpha value is -0.263. The monoisotopic (exact) mass is 82.0 g/mol. The molecule has 0 aromatic rings. The van der Waals surface area contributed by atoms with Gasteiger partial charge in [0.15, 0.2) is 0 Å². The first-order valence-corrected chi connectivity index (χ1v) is 0.943. The van der Waals surface area contributed by atoms with Gasteiger partial charge >= 0.3 is 31.8 Å². The van der Waals surface area contributed by atoms with E-state index in [1.807, 2.05) is 0 Å². The topological polar surface area (TPSA) is 43.4 Å². The van der Waals surface area contributed by atoms with Crippen molar-refractivity contribution in [3.63, 3.8) is 0 Å². The zero-order valence-electron chi connectivity index (χ0n) is 4.38. The van der Waals surface area contributed by atoms with Gasteiger partial charge in [-0.1, -0.05) is 0 Å². The number of rotatable bonds is 2. The zero-order valence-corrected chi connectivity index (χ0v) is 3.38. The Morgan fingerprint density at radius 3 is 1.67 bits per heavy atom. The molecule has 0 aromatic carbocycles. The summed E-state index contributed by atoms with van der Waals surface area (Å²) in [5.74, 6) is 0. The van der Waals surface area contributed by atoms with Crippen molar-refractivity contribution in [3.8, 4) is 0 Å². The molecule has 0 unspecified atom stereocenters. The quantitative estimate of drug-likeness (QED) is 0.196. The van der Waals surface area contributed by atoms with Crippen molar-refractivity contribution in [2.45, 2.75) is 0 Å². The fourth-order valence-electron chi connectivity index (χ4n) is 0.0227. The van der Waals surface area contributed by atoms with Crippen molar-refractivity contribution in [2.75, 3.05) is 0 Å². The van der Waals surface area contributed by atoms with E-state index in [1.165, 1.54) is 0 Å². The third-order valence-corrected chi connectivity index (χ3v) is 0.111. The normalized spacial score (nSPS) is 4.67. The smallest absolute Gasteiger partial charge is 1.00 e. The molecule has 3 nitrogen and oxygen atoms in total. The second-order valence-corrected chi connectivity index (χ2v) is 0.329. The van der Waals surface area contributed by atoms with Crippen molar-refractivity contribution in [1.29, 1.82) is 0 Å². The van der Waals surface area contributed by atoms with Crippen LogP contribution < -0.4 is 18.9 Å². The van der Waals surface area contributed by atoms with Crippen molar-refractivity contribution >= 4 is 12.9 Å². The molecule has 0 amide bonds. The molecule has 0 spiro atoms. The molecule has 0 bridgehead atoms. The molecule has 0 N–H and O–H groups in total. The van der Waals surface area contributed by atoms with Crippen LogP contribution in [-0.4, -0.2) is 12.9 Å². The molecule has 0 aliphatic heterocycles. The minimum atomic E-state index is 0. The summed E-state index contributed by atoms with van der Waals surface area (Å²) in [6.07, 6.45) is 0. The van der Waals surface area contributed by atoms with Gasteiger partial charge in [0.1, 0.15) is 0 Å². The standard InChI is InChI=1S/C2H2O3.Li.H/c3-1-5-2-4;;/h1-2H;;/q;+1;-1. The third-order valence-electron chi connectivity index (χ3n) is 0.111. The summed E-state index contributed by atoms with van der Waals surface area (Å²) in [5, 5.41) is 0. The summed E-state index contributed by atoms with van der Waals surface area (Å²) in [6, 6.07) is 0. The van der Waals surface area contributed by atoms with Crippen LogP contribution in [-0.2, 0) is 14.3 Å². The Morgan fingerprint density at radius 2 is 1.67 bits per heavy atom. The van der Waals surface area contributed by atoms with Gasteiger partial charge in [0.2, 0.25) is 0 Å². The maximum atomic E-state index is 8.95. The molecule has 30 valence electrons. The Kier molecular flexibility index (Phi) is 13.6. The van der Waals surface area contributed by atoms with E-state index in [0.717, 1.165) is 0 Å². The minimum Gasteiger partial charge on any atom is -1.00 e. The summed E-state index contributed by atoms with van der Waals surface area (Å²) in [5.41, 5.74) is 0. The summed E-state index contributed by atoms with van der Waals surface area (Å²) in [7, 11) is 0. The molecule has 0 aliphatic rings. The van der Waals surface area contributed by atoms with Gasteiger partial charge in [-0.05, 0) is 0 Å². The van der Waals surface area contributed by atoms with Gasteiger partial charge in [0.05, 0.1) is 0 Å². The van der Waals surface area contributed by atoms with Gasteiger partial charge in [-0.3, -0.25) is 9.59 Å². The molecule has 0 saturated carbocycles. The van der Waals surface area contributed by atoms with Crippen LogP contribution in [0, 0.1) is 0 Å². The van der Waals surface area contributed by atoms with Crippen LogP contribution >= 0.6 is 0 Å². The van der Waals surface area contributed by atoms with Gasteiger partial charge < -0.3 is 6.16 Å². The van der Waals surface area contributed by atoms with E-state index in [2.05, 4.69) is 4.74 Å². The number of hydrogen-bond acceptors (Lipinski definition) is 3. The van der Waals surface area contributed by atoms with Gasteiger partial charge in [0, 0.05) is 0 Å². The fraction of sp³-hybridized carbons (Fsp3) is 0. The van der Waals surface area contributed by atoms with Gasteiger partial charge in [-0.2, -0.15) is 0 Å². The molecule has 0 aromatic heterocycles. The Bertz CT molecular complexity index is 42.2. The minimum absolute atomic E-state index is 0. The first-order valence-electron chi connectivity index (χ1n) is 0.943. The first-order chi connectivity index (χ1) is 2.41. The van der Waals surface area contributed by atoms with E-state index in [1.54, 1.807) is 0 Å². The van der Waals surface area contributed by atoms with Crippen LogP contribution in [0.15, 0.2) is 0 Å². The Morgan fingerprint density at radius 1 is 1.33 bits per heavy atom. The molecule has 0 rings (SSSR count). The Balaban J connectivity index is -0.0000000800. The molecule has 0 radical (unpaired) electrons.